The number of carboxylic acids is 1. The van der Waals surface area contributed by atoms with E-state index in [-0.39, 0.29) is 23.0 Å². The van der Waals surface area contributed by atoms with Gasteiger partial charge in [-0.2, -0.15) is 0 Å². The van der Waals surface area contributed by atoms with Crippen LogP contribution in [0.25, 0.3) is 10.8 Å². The number of allylic oxidation sites excluding steroid dienone is 1. The zero-order chi connectivity index (χ0) is 13.3. The highest BCUT2D eigenvalue weighted by Crippen LogP contribution is 2.14. The second-order valence-electron chi connectivity index (χ2n) is 3.77. The molecule has 1 N–H and O–H groups in total. The normalized spacial score (nSPS) is 10.5. The molecule has 0 amide bonds. The van der Waals surface area contributed by atoms with Crippen LogP contribution >= 0.6 is 0 Å². The lowest BCUT2D eigenvalue weighted by Crippen LogP contribution is -2.25. The van der Waals surface area contributed by atoms with Crippen molar-refractivity contribution in [3.63, 3.8) is 0 Å². The predicted molar refractivity (Wildman–Crippen MR) is 65.3 cm³/mol. The van der Waals surface area contributed by atoms with Crippen LogP contribution in [0.2, 0.25) is 0 Å². The lowest BCUT2D eigenvalue weighted by atomic mass is 10.1. The molecule has 0 aliphatic heterocycles. The molecule has 18 heavy (non-hydrogen) atoms. The van der Waals surface area contributed by atoms with Crippen molar-refractivity contribution in [3.8, 4) is 0 Å². The third-order valence-electron chi connectivity index (χ3n) is 2.60. The van der Waals surface area contributed by atoms with Crippen molar-refractivity contribution in [3.05, 3.63) is 58.8 Å². The topological polar surface area (TPSA) is 59.3 Å². The van der Waals surface area contributed by atoms with E-state index in [0.717, 1.165) is 10.6 Å². The van der Waals surface area contributed by atoms with Crippen LogP contribution in [0, 0.1) is 5.82 Å². The lowest BCUT2D eigenvalue weighted by Gasteiger charge is -2.09. The number of fused-ring (bicyclic) bond motifs is 1. The maximum atomic E-state index is 13.1. The highest BCUT2D eigenvalue weighted by Gasteiger charge is 2.13. The molecule has 1 aromatic carbocycles. The number of nitrogens with zero attached hydrogens (tertiary/aromatic N) is 1. The Kier molecular flexibility index (Phi) is 2.97. The molecule has 2 aromatic rings. The number of aromatic nitrogens is 1. The van der Waals surface area contributed by atoms with E-state index in [1.165, 1.54) is 24.3 Å². The van der Waals surface area contributed by atoms with Gasteiger partial charge in [0.1, 0.15) is 11.5 Å². The van der Waals surface area contributed by atoms with E-state index in [2.05, 4.69) is 6.58 Å². The first kappa shape index (κ1) is 12.0. The van der Waals surface area contributed by atoms with Crippen LogP contribution < -0.4 is 5.56 Å². The minimum absolute atomic E-state index is 0.0911. The number of hydrogen-bond acceptors (Lipinski definition) is 2. The van der Waals surface area contributed by atoms with E-state index in [0.29, 0.717) is 0 Å². The molecule has 0 saturated heterocycles. The zero-order valence-electron chi connectivity index (χ0n) is 9.39. The van der Waals surface area contributed by atoms with E-state index < -0.39 is 17.3 Å². The first-order valence-electron chi connectivity index (χ1n) is 5.22. The Balaban J connectivity index is 2.89. The van der Waals surface area contributed by atoms with E-state index >= 15 is 0 Å². The molecule has 0 fully saturated rings. The van der Waals surface area contributed by atoms with Crippen molar-refractivity contribution in [2.24, 2.45) is 0 Å². The third-order valence-corrected chi connectivity index (χ3v) is 2.60. The van der Waals surface area contributed by atoms with Crippen LogP contribution in [-0.4, -0.2) is 15.6 Å². The van der Waals surface area contributed by atoms with E-state index in [1.54, 1.807) is 0 Å². The van der Waals surface area contributed by atoms with Gasteiger partial charge in [0.05, 0.1) is 0 Å². The minimum Gasteiger partial charge on any atom is -0.477 e. The Morgan fingerprint density at radius 2 is 2.17 bits per heavy atom. The average molecular weight is 247 g/mol. The molecule has 0 bridgehead atoms. The molecule has 0 aliphatic rings. The zero-order valence-corrected chi connectivity index (χ0v) is 9.39. The van der Waals surface area contributed by atoms with Crippen LogP contribution in [0.4, 0.5) is 4.39 Å². The summed E-state index contributed by atoms with van der Waals surface area (Å²) in [4.78, 5) is 23.2. The number of benzene rings is 1. The molecular weight excluding hydrogens is 237 g/mol. The van der Waals surface area contributed by atoms with Crippen LogP contribution in [0.5, 0.6) is 0 Å². The van der Waals surface area contributed by atoms with Crippen LogP contribution in [-0.2, 0) is 6.54 Å². The molecule has 1 aromatic heterocycles. The standard InChI is InChI=1S/C13H10FNO3/c1-2-5-15-11(13(17)18)7-8-6-9(14)3-4-10(8)12(15)16/h2-4,6-7H,1,5H2,(H,17,18). The monoisotopic (exact) mass is 247 g/mol. The number of carbonyl (C=O) groups is 1. The van der Waals surface area contributed by atoms with Gasteiger partial charge in [-0.15, -0.1) is 6.58 Å². The summed E-state index contributed by atoms with van der Waals surface area (Å²) in [5.74, 6) is -1.75. The smallest absolute Gasteiger partial charge is 0.352 e. The van der Waals surface area contributed by atoms with Crippen LogP contribution in [0.1, 0.15) is 10.5 Å². The molecule has 0 unspecified atom stereocenters. The first-order chi connectivity index (χ1) is 8.54. The summed E-state index contributed by atoms with van der Waals surface area (Å²) in [5, 5.41) is 9.61. The second kappa shape index (κ2) is 4.44. The van der Waals surface area contributed by atoms with E-state index in [1.807, 2.05) is 0 Å². The van der Waals surface area contributed by atoms with Gasteiger partial charge in [-0.05, 0) is 29.7 Å². The quantitative estimate of drug-likeness (QED) is 0.844. The average Bonchev–Trinajstić information content (AvgIpc) is 2.32. The predicted octanol–water partition coefficient (Wildman–Crippen LogP) is 2.02. The van der Waals surface area contributed by atoms with Crippen molar-refractivity contribution in [1.82, 2.24) is 4.57 Å². The molecule has 5 heteroatoms. The highest BCUT2D eigenvalue weighted by atomic mass is 19.1. The van der Waals surface area contributed by atoms with Gasteiger partial charge in [-0.1, -0.05) is 6.08 Å². The Morgan fingerprint density at radius 1 is 1.44 bits per heavy atom. The third kappa shape index (κ3) is 1.90. The number of carboxylic acid groups (broad SMARTS) is 1. The number of aromatic carboxylic acids is 1. The summed E-state index contributed by atoms with van der Waals surface area (Å²) in [6, 6.07) is 4.94. The maximum Gasteiger partial charge on any atom is 0.352 e. The van der Waals surface area contributed by atoms with Gasteiger partial charge >= 0.3 is 5.97 Å². The molecule has 1 heterocycles. The Labute approximate surface area is 102 Å². The van der Waals surface area contributed by atoms with Gasteiger partial charge in [-0.3, -0.25) is 9.36 Å². The van der Waals surface area contributed by atoms with Gasteiger partial charge in [0.25, 0.3) is 5.56 Å². The Morgan fingerprint density at radius 3 is 2.78 bits per heavy atom. The number of halogens is 1. The highest BCUT2D eigenvalue weighted by molar-refractivity contribution is 5.92. The molecule has 0 radical (unpaired) electrons. The van der Waals surface area contributed by atoms with Crippen molar-refractivity contribution >= 4 is 16.7 Å². The number of rotatable bonds is 3. The van der Waals surface area contributed by atoms with Crippen molar-refractivity contribution in [2.75, 3.05) is 0 Å². The maximum absolute atomic E-state index is 13.1. The summed E-state index contributed by atoms with van der Waals surface area (Å²) < 4.78 is 14.2. The Hall–Kier alpha value is -2.43. The summed E-state index contributed by atoms with van der Waals surface area (Å²) in [6.45, 7) is 3.57. The van der Waals surface area contributed by atoms with Crippen molar-refractivity contribution < 1.29 is 14.3 Å². The van der Waals surface area contributed by atoms with Crippen LogP contribution in [0.15, 0.2) is 41.7 Å². The molecule has 0 spiro atoms. The summed E-state index contributed by atoms with van der Waals surface area (Å²) in [6.07, 6.45) is 1.43. The van der Waals surface area contributed by atoms with Gasteiger partial charge in [0.15, 0.2) is 0 Å². The van der Waals surface area contributed by atoms with Gasteiger partial charge in [0.2, 0.25) is 0 Å². The molecule has 92 valence electrons. The second-order valence-corrected chi connectivity index (χ2v) is 3.77. The molecule has 4 nitrogen and oxygen atoms in total. The SMILES string of the molecule is C=CCn1c(C(=O)O)cc2cc(F)ccc2c1=O. The number of pyridine rings is 1. The summed E-state index contributed by atoms with van der Waals surface area (Å²) in [5.41, 5.74) is -0.650. The molecule has 2 rings (SSSR count). The van der Waals surface area contributed by atoms with Gasteiger partial charge < -0.3 is 5.11 Å². The number of hydrogen-bond donors (Lipinski definition) is 1. The fourth-order valence-electron chi connectivity index (χ4n) is 1.82. The van der Waals surface area contributed by atoms with Crippen molar-refractivity contribution in [2.45, 2.75) is 6.54 Å². The fourth-order valence-corrected chi connectivity index (χ4v) is 1.82. The van der Waals surface area contributed by atoms with Gasteiger partial charge in [0, 0.05) is 11.9 Å². The fraction of sp³-hybridized carbons (Fsp3) is 0.0769. The summed E-state index contributed by atoms with van der Waals surface area (Å²) in [7, 11) is 0. The summed E-state index contributed by atoms with van der Waals surface area (Å²) >= 11 is 0. The van der Waals surface area contributed by atoms with E-state index in [9.17, 15) is 14.0 Å². The molecule has 0 saturated carbocycles. The molecule has 0 aliphatic carbocycles. The van der Waals surface area contributed by atoms with Gasteiger partial charge in [-0.25, -0.2) is 9.18 Å². The largest absolute Gasteiger partial charge is 0.477 e. The van der Waals surface area contributed by atoms with E-state index in [4.69, 9.17) is 5.11 Å². The molecule has 0 atom stereocenters. The molecular formula is C13H10FNO3. The lowest BCUT2D eigenvalue weighted by molar-refractivity contribution is 0.0684. The van der Waals surface area contributed by atoms with Crippen LogP contribution in [0.3, 0.4) is 0 Å². The first-order valence-corrected chi connectivity index (χ1v) is 5.22. The Bertz CT molecular complexity index is 703. The van der Waals surface area contributed by atoms with Crippen molar-refractivity contribution in [1.29, 1.82) is 0 Å². The minimum atomic E-state index is -1.24.